The average Bonchev–Trinajstić information content (AvgIpc) is 2.49. The van der Waals surface area contributed by atoms with Crippen LogP contribution in [0.5, 0.6) is 0 Å². The van der Waals surface area contributed by atoms with Gasteiger partial charge in [0.1, 0.15) is 23.0 Å². The van der Waals surface area contributed by atoms with Crippen LogP contribution in [0.4, 0.5) is 0 Å². The number of aliphatic hydroxyl groups is 1. The van der Waals surface area contributed by atoms with E-state index in [2.05, 4.69) is 0 Å². The number of nitrogens with one attached hydrogen (secondary N) is 1. The van der Waals surface area contributed by atoms with Crippen LogP contribution in [-0.2, 0) is 14.8 Å². The Bertz CT molecular complexity index is 532. The lowest BCUT2D eigenvalue weighted by molar-refractivity contribution is 0.193. The third-order valence-corrected chi connectivity index (χ3v) is 3.11. The Morgan fingerprint density at radius 3 is 2.53 bits per heavy atom. The molecule has 0 saturated heterocycles. The average molecular weight is 262 g/mol. The van der Waals surface area contributed by atoms with Crippen molar-refractivity contribution in [3.8, 4) is 0 Å². The van der Waals surface area contributed by atoms with Gasteiger partial charge in [-0.2, -0.15) is 0 Å². The third-order valence-electron chi connectivity index (χ3n) is 2.05. The predicted molar refractivity (Wildman–Crippen MR) is 59.4 cm³/mol. The summed E-state index contributed by atoms with van der Waals surface area (Å²) in [7, 11) is -3.99. The molecule has 7 nitrogen and oxygen atoms in total. The van der Waals surface area contributed by atoms with E-state index in [-0.39, 0.29) is 35.2 Å². The van der Waals surface area contributed by atoms with Crippen LogP contribution >= 0.6 is 0 Å². The quantitative estimate of drug-likeness (QED) is 0.515. The molecule has 96 valence electrons. The summed E-state index contributed by atoms with van der Waals surface area (Å²) in [5.41, 5.74) is -0.00144. The summed E-state index contributed by atoms with van der Waals surface area (Å²) in [6, 6.07) is 0. The topological polar surface area (TPSA) is 127 Å². The Hall–Kier alpha value is -1.38. The first-order valence-corrected chi connectivity index (χ1v) is 6.29. The molecule has 0 aromatic carbocycles. The van der Waals surface area contributed by atoms with E-state index in [0.29, 0.717) is 0 Å². The number of aliphatic hydroxyl groups excluding tert-OH is 1. The molecular weight excluding hydrogens is 248 g/mol. The molecular formula is C9H14N2O5S. The molecule has 8 heteroatoms. The molecule has 0 saturated carbocycles. The van der Waals surface area contributed by atoms with Crippen molar-refractivity contribution in [2.75, 3.05) is 13.2 Å². The van der Waals surface area contributed by atoms with E-state index < -0.39 is 15.9 Å². The predicted octanol–water partition coefficient (Wildman–Crippen LogP) is -0.122. The van der Waals surface area contributed by atoms with E-state index in [4.69, 9.17) is 24.8 Å². The normalized spacial score (nSPS) is 11.5. The SMILES string of the molecule is Cc1oc(C)c(S(N)(=O)=O)c1C(=N)OCCO. The zero-order chi connectivity index (χ0) is 13.2. The lowest BCUT2D eigenvalue weighted by Gasteiger charge is -2.06. The van der Waals surface area contributed by atoms with Gasteiger partial charge in [-0.3, -0.25) is 5.41 Å². The van der Waals surface area contributed by atoms with Gasteiger partial charge < -0.3 is 14.3 Å². The second kappa shape index (κ2) is 4.86. The number of aryl methyl sites for hydroxylation is 2. The van der Waals surface area contributed by atoms with Gasteiger partial charge in [-0.05, 0) is 13.8 Å². The molecule has 0 fully saturated rings. The first kappa shape index (κ1) is 13.7. The Morgan fingerprint density at radius 2 is 2.06 bits per heavy atom. The Labute approximate surface area is 98.7 Å². The van der Waals surface area contributed by atoms with Crippen LogP contribution in [0.15, 0.2) is 9.31 Å². The third kappa shape index (κ3) is 2.84. The summed E-state index contributed by atoms with van der Waals surface area (Å²) in [5, 5.41) is 21.2. The number of ether oxygens (including phenoxy) is 1. The number of sulfonamides is 1. The summed E-state index contributed by atoms with van der Waals surface area (Å²) >= 11 is 0. The number of hydrogen-bond acceptors (Lipinski definition) is 6. The minimum absolute atomic E-state index is 0.00144. The van der Waals surface area contributed by atoms with Crippen molar-refractivity contribution in [2.45, 2.75) is 18.7 Å². The molecule has 1 heterocycles. The van der Waals surface area contributed by atoms with Crippen LogP contribution in [0, 0.1) is 19.3 Å². The molecule has 1 aromatic rings. The molecule has 0 aliphatic rings. The minimum atomic E-state index is -3.99. The first-order valence-electron chi connectivity index (χ1n) is 4.74. The lowest BCUT2D eigenvalue weighted by Crippen LogP contribution is -2.18. The van der Waals surface area contributed by atoms with Crippen LogP contribution in [-0.4, -0.2) is 32.6 Å². The molecule has 0 unspecified atom stereocenters. The van der Waals surface area contributed by atoms with Crippen molar-refractivity contribution in [1.82, 2.24) is 0 Å². The molecule has 17 heavy (non-hydrogen) atoms. The number of hydrogen-bond donors (Lipinski definition) is 3. The van der Waals surface area contributed by atoms with Crippen LogP contribution in [0.2, 0.25) is 0 Å². The monoisotopic (exact) mass is 262 g/mol. The fourth-order valence-corrected chi connectivity index (χ4v) is 2.45. The van der Waals surface area contributed by atoms with Crippen molar-refractivity contribution in [1.29, 1.82) is 5.41 Å². The van der Waals surface area contributed by atoms with E-state index in [1.807, 2.05) is 0 Å². The molecule has 0 aliphatic heterocycles. The van der Waals surface area contributed by atoms with Crippen LogP contribution < -0.4 is 5.14 Å². The Balaban J connectivity index is 3.28. The lowest BCUT2D eigenvalue weighted by atomic mass is 10.2. The fourth-order valence-electron chi connectivity index (χ4n) is 1.49. The van der Waals surface area contributed by atoms with Crippen molar-refractivity contribution >= 4 is 15.9 Å². The van der Waals surface area contributed by atoms with E-state index >= 15 is 0 Å². The summed E-state index contributed by atoms with van der Waals surface area (Å²) in [5.74, 6) is -0.0516. The van der Waals surface area contributed by atoms with Gasteiger partial charge in [0, 0.05) is 0 Å². The molecule has 0 spiro atoms. The van der Waals surface area contributed by atoms with Crippen molar-refractivity contribution in [2.24, 2.45) is 5.14 Å². The van der Waals surface area contributed by atoms with Gasteiger partial charge in [0.15, 0.2) is 0 Å². The Kier molecular flexibility index (Phi) is 3.91. The smallest absolute Gasteiger partial charge is 0.242 e. The van der Waals surface area contributed by atoms with Gasteiger partial charge in [0.2, 0.25) is 15.9 Å². The van der Waals surface area contributed by atoms with Gasteiger partial charge in [0.25, 0.3) is 0 Å². The second-order valence-corrected chi connectivity index (χ2v) is 4.86. The minimum Gasteiger partial charge on any atom is -0.475 e. The maximum atomic E-state index is 11.4. The molecule has 4 N–H and O–H groups in total. The van der Waals surface area contributed by atoms with Crippen LogP contribution in [0.25, 0.3) is 0 Å². The molecule has 1 rings (SSSR count). The highest BCUT2D eigenvalue weighted by molar-refractivity contribution is 7.89. The molecule has 0 bridgehead atoms. The molecule has 0 atom stereocenters. The standard InChI is InChI=1S/C9H14N2O5S/c1-5-7(9(10)15-4-3-12)8(6(2)16-5)17(11,13)14/h10,12H,3-4H2,1-2H3,(H2,11,13,14). The summed E-state index contributed by atoms with van der Waals surface area (Å²) in [6.07, 6.45) is 0. The number of primary sulfonamides is 1. The van der Waals surface area contributed by atoms with E-state index in [9.17, 15) is 8.42 Å². The zero-order valence-electron chi connectivity index (χ0n) is 9.48. The largest absolute Gasteiger partial charge is 0.475 e. The molecule has 0 aliphatic carbocycles. The van der Waals surface area contributed by atoms with Crippen LogP contribution in [0.3, 0.4) is 0 Å². The second-order valence-electron chi connectivity index (χ2n) is 3.36. The van der Waals surface area contributed by atoms with E-state index in [1.54, 1.807) is 0 Å². The van der Waals surface area contributed by atoms with Crippen molar-refractivity contribution in [3.63, 3.8) is 0 Å². The van der Waals surface area contributed by atoms with Gasteiger partial charge in [-0.15, -0.1) is 0 Å². The summed E-state index contributed by atoms with van der Waals surface area (Å²) < 4.78 is 32.8. The molecule has 1 aromatic heterocycles. The maximum absolute atomic E-state index is 11.4. The van der Waals surface area contributed by atoms with Gasteiger partial charge in [-0.1, -0.05) is 0 Å². The van der Waals surface area contributed by atoms with E-state index in [1.165, 1.54) is 13.8 Å². The van der Waals surface area contributed by atoms with Crippen molar-refractivity contribution in [3.05, 3.63) is 17.1 Å². The van der Waals surface area contributed by atoms with Gasteiger partial charge in [0.05, 0.1) is 12.2 Å². The maximum Gasteiger partial charge on any atom is 0.242 e. The number of rotatable bonds is 4. The Morgan fingerprint density at radius 1 is 1.47 bits per heavy atom. The summed E-state index contributed by atoms with van der Waals surface area (Å²) in [4.78, 5) is -0.252. The number of furan rings is 1. The van der Waals surface area contributed by atoms with E-state index in [0.717, 1.165) is 0 Å². The highest BCUT2D eigenvalue weighted by Crippen LogP contribution is 2.26. The molecule has 0 radical (unpaired) electrons. The highest BCUT2D eigenvalue weighted by Gasteiger charge is 2.27. The summed E-state index contributed by atoms with van der Waals surface area (Å²) in [6.45, 7) is 2.57. The van der Waals surface area contributed by atoms with Crippen molar-refractivity contribution < 1.29 is 22.7 Å². The fraction of sp³-hybridized carbons (Fsp3) is 0.444. The van der Waals surface area contributed by atoms with Gasteiger partial charge >= 0.3 is 0 Å². The molecule has 0 amide bonds. The first-order chi connectivity index (χ1) is 7.79. The zero-order valence-corrected chi connectivity index (χ0v) is 10.3. The highest BCUT2D eigenvalue weighted by atomic mass is 32.2. The van der Waals surface area contributed by atoms with Gasteiger partial charge in [-0.25, -0.2) is 13.6 Å². The number of nitrogens with two attached hydrogens (primary N) is 1. The van der Waals surface area contributed by atoms with Crippen LogP contribution in [0.1, 0.15) is 17.1 Å².